The van der Waals surface area contributed by atoms with Crippen molar-refractivity contribution in [3.8, 4) is 5.75 Å². The molecule has 2 rings (SSSR count). The van der Waals surface area contributed by atoms with Crippen LogP contribution in [0.4, 0.5) is 5.69 Å². The number of para-hydroxylation sites is 2. The van der Waals surface area contributed by atoms with Gasteiger partial charge in [0.2, 0.25) is 5.91 Å². The van der Waals surface area contributed by atoms with Crippen LogP contribution in [0.15, 0.2) is 30.5 Å². The number of hydrogen-bond acceptors (Lipinski definition) is 5. The first-order chi connectivity index (χ1) is 10.6. The maximum absolute atomic E-state index is 12.2. The third-order valence-corrected chi connectivity index (χ3v) is 4.39. The molecular weight excluding hydrogens is 298 g/mol. The number of nitrogens with zero attached hydrogens (tertiary/aromatic N) is 2. The SMILES string of the molecule is CCc1ncc(CN(C)C(=O)CNc2ccccc2OC)s1. The summed E-state index contributed by atoms with van der Waals surface area (Å²) in [5.41, 5.74) is 0.817. The maximum Gasteiger partial charge on any atom is 0.241 e. The van der Waals surface area contributed by atoms with E-state index < -0.39 is 0 Å². The molecule has 1 aromatic heterocycles. The zero-order valence-electron chi connectivity index (χ0n) is 13.1. The van der Waals surface area contributed by atoms with Gasteiger partial charge in [-0.3, -0.25) is 4.79 Å². The molecule has 0 fully saturated rings. The Hall–Kier alpha value is -2.08. The first-order valence-corrected chi connectivity index (χ1v) is 8.00. The molecule has 0 aliphatic heterocycles. The minimum absolute atomic E-state index is 0.0253. The number of carbonyl (C=O) groups is 1. The molecule has 22 heavy (non-hydrogen) atoms. The average Bonchev–Trinajstić information content (AvgIpc) is 3.00. The highest BCUT2D eigenvalue weighted by Gasteiger charge is 2.12. The van der Waals surface area contributed by atoms with Gasteiger partial charge in [-0.2, -0.15) is 0 Å². The number of thiazole rings is 1. The molecule has 6 heteroatoms. The van der Waals surface area contributed by atoms with Crippen molar-refractivity contribution >= 4 is 22.9 Å². The fraction of sp³-hybridized carbons (Fsp3) is 0.375. The van der Waals surface area contributed by atoms with E-state index in [1.54, 1.807) is 30.4 Å². The standard InChI is InChI=1S/C16H21N3O2S/c1-4-15-18-9-12(22-15)11-19(2)16(20)10-17-13-7-5-6-8-14(13)21-3/h5-9,17H,4,10-11H2,1-3H3. The molecule has 5 nitrogen and oxygen atoms in total. The predicted molar refractivity (Wildman–Crippen MR) is 89.4 cm³/mol. The molecule has 2 aromatic rings. The molecule has 1 aromatic carbocycles. The number of methoxy groups -OCH3 is 1. The number of amides is 1. The molecule has 0 bridgehead atoms. The van der Waals surface area contributed by atoms with Crippen molar-refractivity contribution in [2.75, 3.05) is 26.0 Å². The summed E-state index contributed by atoms with van der Waals surface area (Å²) in [7, 11) is 3.42. The normalized spacial score (nSPS) is 10.3. The van der Waals surface area contributed by atoms with E-state index in [-0.39, 0.29) is 12.5 Å². The smallest absolute Gasteiger partial charge is 0.241 e. The van der Waals surface area contributed by atoms with Crippen LogP contribution in [0.5, 0.6) is 5.75 Å². The van der Waals surface area contributed by atoms with E-state index in [4.69, 9.17) is 4.74 Å². The lowest BCUT2D eigenvalue weighted by Gasteiger charge is -2.17. The van der Waals surface area contributed by atoms with Crippen molar-refractivity contribution in [1.82, 2.24) is 9.88 Å². The van der Waals surface area contributed by atoms with Gasteiger partial charge in [-0.05, 0) is 18.6 Å². The molecule has 0 saturated heterocycles. The van der Waals surface area contributed by atoms with Gasteiger partial charge in [-0.1, -0.05) is 19.1 Å². The van der Waals surface area contributed by atoms with Crippen LogP contribution in [-0.2, 0) is 17.8 Å². The topological polar surface area (TPSA) is 54.5 Å². The van der Waals surface area contributed by atoms with Gasteiger partial charge < -0.3 is 15.0 Å². The van der Waals surface area contributed by atoms with Crippen molar-refractivity contribution < 1.29 is 9.53 Å². The van der Waals surface area contributed by atoms with Gasteiger partial charge in [-0.15, -0.1) is 11.3 Å². The van der Waals surface area contributed by atoms with Crippen LogP contribution in [0.2, 0.25) is 0 Å². The van der Waals surface area contributed by atoms with Gasteiger partial charge >= 0.3 is 0 Å². The third-order valence-electron chi connectivity index (χ3n) is 3.26. The van der Waals surface area contributed by atoms with Gasteiger partial charge in [0.05, 0.1) is 30.9 Å². The van der Waals surface area contributed by atoms with Crippen LogP contribution < -0.4 is 10.1 Å². The lowest BCUT2D eigenvalue weighted by molar-refractivity contribution is -0.128. The van der Waals surface area contributed by atoms with E-state index in [1.807, 2.05) is 30.5 Å². The van der Waals surface area contributed by atoms with Crippen molar-refractivity contribution in [2.45, 2.75) is 19.9 Å². The molecule has 1 N–H and O–H groups in total. The molecule has 0 radical (unpaired) electrons. The Bertz CT molecular complexity index is 627. The minimum atomic E-state index is 0.0253. The van der Waals surface area contributed by atoms with E-state index >= 15 is 0 Å². The van der Waals surface area contributed by atoms with E-state index in [1.165, 1.54) is 0 Å². The molecule has 0 saturated carbocycles. The molecule has 0 aliphatic carbocycles. The highest BCUT2D eigenvalue weighted by atomic mass is 32.1. The molecule has 0 spiro atoms. The van der Waals surface area contributed by atoms with Gasteiger partial charge in [0.1, 0.15) is 5.75 Å². The molecule has 118 valence electrons. The number of aryl methyl sites for hydroxylation is 1. The number of carbonyl (C=O) groups excluding carboxylic acids is 1. The zero-order valence-corrected chi connectivity index (χ0v) is 13.9. The summed E-state index contributed by atoms with van der Waals surface area (Å²) in [5.74, 6) is 0.755. The second-order valence-corrected chi connectivity index (χ2v) is 6.08. The van der Waals surface area contributed by atoms with E-state index in [0.717, 1.165) is 27.7 Å². The summed E-state index contributed by atoms with van der Waals surface area (Å²) in [6.07, 6.45) is 2.78. The predicted octanol–water partition coefficient (Wildman–Crippen LogP) is 2.78. The summed E-state index contributed by atoms with van der Waals surface area (Å²) in [6, 6.07) is 7.55. The first-order valence-electron chi connectivity index (χ1n) is 7.18. The fourth-order valence-corrected chi connectivity index (χ4v) is 2.92. The van der Waals surface area contributed by atoms with Crippen molar-refractivity contribution in [1.29, 1.82) is 0 Å². The van der Waals surface area contributed by atoms with Crippen molar-refractivity contribution in [3.63, 3.8) is 0 Å². The number of likely N-dealkylation sites (N-methyl/N-ethyl adjacent to an activating group) is 1. The number of aromatic nitrogens is 1. The van der Waals surface area contributed by atoms with Crippen LogP contribution in [0, 0.1) is 0 Å². The third kappa shape index (κ3) is 4.21. The Morgan fingerprint density at radius 1 is 1.41 bits per heavy atom. The summed E-state index contributed by atoms with van der Waals surface area (Å²) in [4.78, 5) is 19.3. The molecule has 1 heterocycles. The maximum atomic E-state index is 12.2. The van der Waals surface area contributed by atoms with Crippen LogP contribution in [0.3, 0.4) is 0 Å². The molecular formula is C16H21N3O2S. The summed E-state index contributed by atoms with van der Waals surface area (Å²) in [5, 5.41) is 4.22. The van der Waals surface area contributed by atoms with Crippen LogP contribution in [0.25, 0.3) is 0 Å². The monoisotopic (exact) mass is 319 g/mol. The Morgan fingerprint density at radius 2 is 2.18 bits per heavy atom. The van der Waals surface area contributed by atoms with Gasteiger partial charge in [0.25, 0.3) is 0 Å². The van der Waals surface area contributed by atoms with Gasteiger partial charge in [-0.25, -0.2) is 4.98 Å². The highest BCUT2D eigenvalue weighted by Crippen LogP contribution is 2.22. The summed E-state index contributed by atoms with van der Waals surface area (Å²) >= 11 is 1.65. The number of rotatable bonds is 7. The molecule has 0 atom stereocenters. The summed E-state index contributed by atoms with van der Waals surface area (Å²) < 4.78 is 5.25. The Labute approximate surface area is 134 Å². The summed E-state index contributed by atoms with van der Waals surface area (Å²) in [6.45, 7) is 2.90. The Morgan fingerprint density at radius 3 is 2.86 bits per heavy atom. The van der Waals surface area contributed by atoms with Crippen LogP contribution in [0.1, 0.15) is 16.8 Å². The Balaban J connectivity index is 1.88. The highest BCUT2D eigenvalue weighted by molar-refractivity contribution is 7.11. The molecule has 0 aliphatic rings. The second kappa shape index (κ2) is 7.79. The number of hydrogen-bond donors (Lipinski definition) is 1. The van der Waals surface area contributed by atoms with Crippen LogP contribution >= 0.6 is 11.3 Å². The molecule has 0 unspecified atom stereocenters. The quantitative estimate of drug-likeness (QED) is 0.852. The van der Waals surface area contributed by atoms with Gasteiger partial charge in [0.15, 0.2) is 0 Å². The number of benzene rings is 1. The number of nitrogens with one attached hydrogen (secondary N) is 1. The van der Waals surface area contributed by atoms with E-state index in [2.05, 4.69) is 17.2 Å². The minimum Gasteiger partial charge on any atom is -0.495 e. The van der Waals surface area contributed by atoms with E-state index in [0.29, 0.717) is 6.54 Å². The first kappa shape index (κ1) is 16.3. The second-order valence-electron chi connectivity index (χ2n) is 4.88. The number of anilines is 1. The fourth-order valence-electron chi connectivity index (χ4n) is 2.00. The van der Waals surface area contributed by atoms with Crippen LogP contribution in [-0.4, -0.2) is 36.5 Å². The lowest BCUT2D eigenvalue weighted by atomic mass is 10.3. The average molecular weight is 319 g/mol. The van der Waals surface area contributed by atoms with Gasteiger partial charge in [0, 0.05) is 18.1 Å². The largest absolute Gasteiger partial charge is 0.495 e. The van der Waals surface area contributed by atoms with Crippen molar-refractivity contribution in [2.24, 2.45) is 0 Å². The number of ether oxygens (including phenoxy) is 1. The van der Waals surface area contributed by atoms with E-state index in [9.17, 15) is 4.79 Å². The zero-order chi connectivity index (χ0) is 15.9. The van der Waals surface area contributed by atoms with Crippen molar-refractivity contribution in [3.05, 3.63) is 40.3 Å². The Kier molecular flexibility index (Phi) is 5.77. The lowest BCUT2D eigenvalue weighted by Crippen LogP contribution is -2.31. The molecule has 1 amide bonds.